The van der Waals surface area contributed by atoms with E-state index >= 15 is 0 Å². The second-order valence-electron chi connectivity index (χ2n) is 3.76. The van der Waals surface area contributed by atoms with Gasteiger partial charge in [0.25, 0.3) is 0 Å². The Labute approximate surface area is 96.6 Å². The first kappa shape index (κ1) is 14.7. The van der Waals surface area contributed by atoms with Crippen LogP contribution in [0, 0.1) is 0 Å². The molecule has 0 unspecified atom stereocenters. The number of carbonyl (C=O) groups excluding carboxylic acids is 1. The molecule has 0 aliphatic carbocycles. The van der Waals surface area contributed by atoms with Crippen LogP contribution in [0.4, 0.5) is 4.79 Å². The van der Waals surface area contributed by atoms with Crippen LogP contribution in [0.15, 0.2) is 0 Å². The molecule has 0 bridgehead atoms. The minimum atomic E-state index is -0.790. The number of rotatable bonds is 8. The minimum absolute atomic E-state index is 0.163. The molecule has 0 atom stereocenters. The lowest BCUT2D eigenvalue weighted by molar-refractivity contribution is -0.137. The smallest absolute Gasteiger partial charge is 0.315 e. The number of unbranched alkanes of at least 4 members (excludes halogenated alkanes) is 1. The summed E-state index contributed by atoms with van der Waals surface area (Å²) in [6.07, 6.45) is 3.30. The molecule has 0 heterocycles. The third-order valence-electron chi connectivity index (χ3n) is 2.42. The van der Waals surface area contributed by atoms with Gasteiger partial charge < -0.3 is 15.7 Å². The van der Waals surface area contributed by atoms with E-state index in [1.807, 2.05) is 13.8 Å². The van der Waals surface area contributed by atoms with Gasteiger partial charge in [-0.1, -0.05) is 13.8 Å². The first-order chi connectivity index (χ1) is 7.60. The average Bonchev–Trinajstić information content (AvgIpc) is 2.25. The Hall–Kier alpha value is -1.26. The highest BCUT2D eigenvalue weighted by Gasteiger charge is 2.06. The molecule has 0 rings (SSSR count). The van der Waals surface area contributed by atoms with Crippen molar-refractivity contribution in [3.63, 3.8) is 0 Å². The van der Waals surface area contributed by atoms with Gasteiger partial charge in [0, 0.05) is 19.0 Å². The van der Waals surface area contributed by atoms with Crippen LogP contribution in [0.25, 0.3) is 0 Å². The van der Waals surface area contributed by atoms with Gasteiger partial charge in [0.15, 0.2) is 0 Å². The fraction of sp³-hybridized carbons (Fsp3) is 0.818. The van der Waals surface area contributed by atoms with E-state index in [4.69, 9.17) is 5.11 Å². The zero-order chi connectivity index (χ0) is 12.4. The van der Waals surface area contributed by atoms with Crippen molar-refractivity contribution in [1.29, 1.82) is 0 Å². The van der Waals surface area contributed by atoms with Gasteiger partial charge in [-0.05, 0) is 25.7 Å². The van der Waals surface area contributed by atoms with Crippen molar-refractivity contribution in [3.05, 3.63) is 0 Å². The average molecular weight is 230 g/mol. The molecular formula is C11H22N2O3. The third kappa shape index (κ3) is 8.08. The number of carbonyl (C=O) groups is 2. The van der Waals surface area contributed by atoms with Gasteiger partial charge in [0.2, 0.25) is 0 Å². The van der Waals surface area contributed by atoms with Crippen molar-refractivity contribution in [2.24, 2.45) is 0 Å². The Morgan fingerprint density at radius 3 is 2.31 bits per heavy atom. The molecule has 0 spiro atoms. The molecule has 2 amide bonds. The normalized spacial score (nSPS) is 10.2. The Morgan fingerprint density at radius 1 is 1.19 bits per heavy atom. The summed E-state index contributed by atoms with van der Waals surface area (Å²) in [7, 11) is 0. The monoisotopic (exact) mass is 230 g/mol. The summed E-state index contributed by atoms with van der Waals surface area (Å²) >= 11 is 0. The summed E-state index contributed by atoms with van der Waals surface area (Å²) in [6.45, 7) is 4.59. The SMILES string of the molecule is CCC(CC)NC(=O)NCCCCC(=O)O. The van der Waals surface area contributed by atoms with Crippen molar-refractivity contribution >= 4 is 12.0 Å². The number of carboxylic acids is 1. The van der Waals surface area contributed by atoms with Crippen LogP contribution in [0.2, 0.25) is 0 Å². The summed E-state index contributed by atoms with van der Waals surface area (Å²) in [6, 6.07) is 0.0584. The highest BCUT2D eigenvalue weighted by atomic mass is 16.4. The van der Waals surface area contributed by atoms with E-state index < -0.39 is 5.97 Å². The molecule has 16 heavy (non-hydrogen) atoms. The number of urea groups is 1. The first-order valence-electron chi connectivity index (χ1n) is 5.86. The van der Waals surface area contributed by atoms with Crippen molar-refractivity contribution in [3.8, 4) is 0 Å². The maximum absolute atomic E-state index is 11.3. The highest BCUT2D eigenvalue weighted by molar-refractivity contribution is 5.74. The number of carboxylic acid groups (broad SMARTS) is 1. The van der Waals surface area contributed by atoms with Crippen molar-refractivity contribution in [2.45, 2.75) is 52.0 Å². The van der Waals surface area contributed by atoms with Crippen LogP contribution in [0.5, 0.6) is 0 Å². The zero-order valence-corrected chi connectivity index (χ0v) is 10.1. The zero-order valence-electron chi connectivity index (χ0n) is 10.1. The van der Waals surface area contributed by atoms with Gasteiger partial charge in [-0.25, -0.2) is 4.79 Å². The summed E-state index contributed by atoms with van der Waals surface area (Å²) in [5.74, 6) is -0.790. The van der Waals surface area contributed by atoms with Crippen LogP contribution in [-0.2, 0) is 4.79 Å². The van der Waals surface area contributed by atoms with Crippen LogP contribution in [-0.4, -0.2) is 29.7 Å². The van der Waals surface area contributed by atoms with Gasteiger partial charge in [0.1, 0.15) is 0 Å². The van der Waals surface area contributed by atoms with Crippen LogP contribution in [0.3, 0.4) is 0 Å². The van der Waals surface area contributed by atoms with Gasteiger partial charge in [0.05, 0.1) is 0 Å². The molecule has 5 heteroatoms. The second kappa shape index (κ2) is 9.00. The van der Waals surface area contributed by atoms with E-state index in [1.54, 1.807) is 0 Å². The topological polar surface area (TPSA) is 78.4 Å². The number of aliphatic carboxylic acids is 1. The number of amides is 2. The highest BCUT2D eigenvalue weighted by Crippen LogP contribution is 1.96. The van der Waals surface area contributed by atoms with Crippen molar-refractivity contribution < 1.29 is 14.7 Å². The van der Waals surface area contributed by atoms with Gasteiger partial charge in [-0.3, -0.25) is 4.79 Å². The number of nitrogens with one attached hydrogen (secondary N) is 2. The molecule has 0 saturated heterocycles. The molecule has 3 N–H and O–H groups in total. The van der Waals surface area contributed by atoms with E-state index in [0.29, 0.717) is 19.4 Å². The number of hydrogen-bond donors (Lipinski definition) is 3. The minimum Gasteiger partial charge on any atom is -0.481 e. The Morgan fingerprint density at radius 2 is 1.81 bits per heavy atom. The molecule has 0 aromatic heterocycles. The Balaban J connectivity index is 3.46. The maximum Gasteiger partial charge on any atom is 0.315 e. The van der Waals surface area contributed by atoms with E-state index in [1.165, 1.54) is 0 Å². The third-order valence-corrected chi connectivity index (χ3v) is 2.42. The molecular weight excluding hydrogens is 208 g/mol. The quantitative estimate of drug-likeness (QED) is 0.556. The fourth-order valence-corrected chi connectivity index (χ4v) is 1.33. The Kier molecular flexibility index (Phi) is 8.29. The predicted octanol–water partition coefficient (Wildman–Crippen LogP) is 1.73. The van der Waals surface area contributed by atoms with E-state index in [0.717, 1.165) is 12.8 Å². The molecule has 0 fully saturated rings. The lowest BCUT2D eigenvalue weighted by Crippen LogP contribution is -2.41. The van der Waals surface area contributed by atoms with Crippen molar-refractivity contribution in [2.75, 3.05) is 6.54 Å². The van der Waals surface area contributed by atoms with Crippen molar-refractivity contribution in [1.82, 2.24) is 10.6 Å². The summed E-state index contributed by atoms with van der Waals surface area (Å²) in [5.41, 5.74) is 0. The van der Waals surface area contributed by atoms with Gasteiger partial charge >= 0.3 is 12.0 Å². The summed E-state index contributed by atoms with van der Waals surface area (Å²) < 4.78 is 0. The van der Waals surface area contributed by atoms with Crippen LogP contribution >= 0.6 is 0 Å². The summed E-state index contributed by atoms with van der Waals surface area (Å²) in [4.78, 5) is 21.5. The second-order valence-corrected chi connectivity index (χ2v) is 3.76. The maximum atomic E-state index is 11.3. The van der Waals surface area contributed by atoms with Gasteiger partial charge in [-0.15, -0.1) is 0 Å². The summed E-state index contributed by atoms with van der Waals surface area (Å²) in [5, 5.41) is 14.0. The molecule has 0 radical (unpaired) electrons. The first-order valence-corrected chi connectivity index (χ1v) is 5.86. The molecule has 94 valence electrons. The Bertz CT molecular complexity index is 215. The predicted molar refractivity (Wildman–Crippen MR) is 62.4 cm³/mol. The molecule has 0 aliphatic heterocycles. The lowest BCUT2D eigenvalue weighted by Gasteiger charge is -2.15. The van der Waals surface area contributed by atoms with E-state index in [-0.39, 0.29) is 18.5 Å². The lowest BCUT2D eigenvalue weighted by atomic mass is 10.2. The molecule has 5 nitrogen and oxygen atoms in total. The van der Waals surface area contributed by atoms with Crippen LogP contribution < -0.4 is 10.6 Å². The molecule has 0 aromatic carbocycles. The van der Waals surface area contributed by atoms with E-state index in [2.05, 4.69) is 10.6 Å². The fourth-order valence-electron chi connectivity index (χ4n) is 1.33. The molecule has 0 aliphatic rings. The largest absolute Gasteiger partial charge is 0.481 e. The molecule has 0 saturated carbocycles. The van der Waals surface area contributed by atoms with E-state index in [9.17, 15) is 9.59 Å². The number of hydrogen-bond acceptors (Lipinski definition) is 2. The van der Waals surface area contributed by atoms with Gasteiger partial charge in [-0.2, -0.15) is 0 Å². The van der Waals surface area contributed by atoms with Crippen LogP contribution in [0.1, 0.15) is 46.0 Å². The molecule has 0 aromatic rings. The standard InChI is InChI=1S/C11H22N2O3/c1-3-9(4-2)13-11(16)12-8-6-5-7-10(14)15/h9H,3-8H2,1-2H3,(H,14,15)(H2,12,13,16).